The fraction of sp³-hybridized carbons (Fsp3) is 0.722. The first-order valence-corrected chi connectivity index (χ1v) is 8.55. The van der Waals surface area contributed by atoms with Crippen molar-refractivity contribution in [2.45, 2.75) is 52.9 Å². The molecule has 24 heavy (non-hydrogen) atoms. The minimum Gasteiger partial charge on any atom is -0.445 e. The summed E-state index contributed by atoms with van der Waals surface area (Å²) in [6, 6.07) is 0. The SMILES string of the molecule is Cc1oc(C2CCN(C(=O)CC(C)(C)C)CC2)nc1C(=O)N(C)C. The molecule has 1 aromatic heterocycles. The van der Waals surface area contributed by atoms with E-state index in [9.17, 15) is 9.59 Å². The summed E-state index contributed by atoms with van der Waals surface area (Å²) in [4.78, 5) is 32.3. The van der Waals surface area contributed by atoms with Gasteiger partial charge in [-0.2, -0.15) is 0 Å². The Kier molecular flexibility index (Phi) is 5.35. The first kappa shape index (κ1) is 18.5. The van der Waals surface area contributed by atoms with Gasteiger partial charge in [0.15, 0.2) is 11.6 Å². The number of hydrogen-bond donors (Lipinski definition) is 0. The number of aromatic nitrogens is 1. The van der Waals surface area contributed by atoms with E-state index in [0.717, 1.165) is 25.9 Å². The van der Waals surface area contributed by atoms with Gasteiger partial charge in [-0.15, -0.1) is 0 Å². The van der Waals surface area contributed by atoms with Crippen molar-refractivity contribution in [3.05, 3.63) is 17.3 Å². The molecule has 6 heteroatoms. The molecule has 0 saturated carbocycles. The van der Waals surface area contributed by atoms with Crippen molar-refractivity contribution in [1.82, 2.24) is 14.8 Å². The van der Waals surface area contributed by atoms with Gasteiger partial charge in [-0.05, 0) is 25.2 Å². The van der Waals surface area contributed by atoms with Crippen LogP contribution in [0.3, 0.4) is 0 Å². The Morgan fingerprint density at radius 2 is 1.83 bits per heavy atom. The summed E-state index contributed by atoms with van der Waals surface area (Å²) in [6.07, 6.45) is 2.22. The van der Waals surface area contributed by atoms with Gasteiger partial charge in [0.1, 0.15) is 5.76 Å². The largest absolute Gasteiger partial charge is 0.445 e. The molecule has 0 radical (unpaired) electrons. The zero-order chi connectivity index (χ0) is 18.1. The van der Waals surface area contributed by atoms with E-state index in [4.69, 9.17) is 4.42 Å². The number of aryl methyl sites for hydroxylation is 1. The summed E-state index contributed by atoms with van der Waals surface area (Å²) in [7, 11) is 3.41. The maximum atomic E-state index is 12.3. The molecule has 2 heterocycles. The summed E-state index contributed by atoms with van der Waals surface area (Å²) < 4.78 is 5.74. The van der Waals surface area contributed by atoms with Crippen LogP contribution in [0.5, 0.6) is 0 Å². The molecule has 134 valence electrons. The van der Waals surface area contributed by atoms with Gasteiger partial charge in [0.25, 0.3) is 5.91 Å². The van der Waals surface area contributed by atoms with Crippen LogP contribution in [0.1, 0.15) is 68.1 Å². The molecule has 0 atom stereocenters. The summed E-state index contributed by atoms with van der Waals surface area (Å²) in [5.41, 5.74) is 0.399. The number of amides is 2. The quantitative estimate of drug-likeness (QED) is 0.852. The number of carbonyl (C=O) groups is 2. The van der Waals surface area contributed by atoms with E-state index in [2.05, 4.69) is 25.8 Å². The van der Waals surface area contributed by atoms with E-state index in [-0.39, 0.29) is 23.1 Å². The Balaban J connectivity index is 1.99. The van der Waals surface area contributed by atoms with Crippen LogP contribution in [-0.4, -0.2) is 53.8 Å². The monoisotopic (exact) mass is 335 g/mol. The van der Waals surface area contributed by atoms with E-state index in [1.165, 1.54) is 4.90 Å². The normalized spacial score (nSPS) is 16.3. The molecular weight excluding hydrogens is 306 g/mol. The topological polar surface area (TPSA) is 66.7 Å². The molecule has 2 rings (SSSR count). The maximum Gasteiger partial charge on any atom is 0.275 e. The van der Waals surface area contributed by atoms with Crippen LogP contribution in [-0.2, 0) is 4.79 Å². The van der Waals surface area contributed by atoms with Crippen LogP contribution >= 0.6 is 0 Å². The van der Waals surface area contributed by atoms with E-state index >= 15 is 0 Å². The first-order chi connectivity index (χ1) is 11.1. The molecule has 0 spiro atoms. The number of oxazole rings is 1. The number of nitrogens with zero attached hydrogens (tertiary/aromatic N) is 3. The lowest BCUT2D eigenvalue weighted by atomic mass is 9.90. The second-order valence-corrected chi connectivity index (χ2v) is 8.05. The van der Waals surface area contributed by atoms with Crippen LogP contribution in [0, 0.1) is 12.3 Å². The number of likely N-dealkylation sites (tertiary alicyclic amines) is 1. The highest BCUT2D eigenvalue weighted by atomic mass is 16.4. The fourth-order valence-electron chi connectivity index (χ4n) is 2.94. The molecule has 1 aliphatic heterocycles. The number of carbonyl (C=O) groups excluding carboxylic acids is 2. The highest BCUT2D eigenvalue weighted by Gasteiger charge is 2.30. The Labute approximate surface area is 144 Å². The van der Waals surface area contributed by atoms with Crippen molar-refractivity contribution in [3.8, 4) is 0 Å². The van der Waals surface area contributed by atoms with Gasteiger partial charge in [-0.1, -0.05) is 20.8 Å². The van der Waals surface area contributed by atoms with Crippen molar-refractivity contribution in [1.29, 1.82) is 0 Å². The molecule has 1 aromatic rings. The minimum absolute atomic E-state index is 0.00898. The minimum atomic E-state index is -0.139. The van der Waals surface area contributed by atoms with Crippen molar-refractivity contribution >= 4 is 11.8 Å². The van der Waals surface area contributed by atoms with Crippen LogP contribution in [0.25, 0.3) is 0 Å². The predicted octanol–water partition coefficient (Wildman–Crippen LogP) is 2.83. The predicted molar refractivity (Wildman–Crippen MR) is 91.9 cm³/mol. The lowest BCUT2D eigenvalue weighted by Gasteiger charge is -2.32. The first-order valence-electron chi connectivity index (χ1n) is 8.55. The molecule has 0 aromatic carbocycles. The molecule has 0 N–H and O–H groups in total. The van der Waals surface area contributed by atoms with E-state index in [1.54, 1.807) is 21.0 Å². The van der Waals surface area contributed by atoms with Crippen LogP contribution in [0.4, 0.5) is 0 Å². The zero-order valence-electron chi connectivity index (χ0n) is 15.7. The van der Waals surface area contributed by atoms with E-state index in [1.807, 2.05) is 4.90 Å². The molecule has 0 bridgehead atoms. The number of hydrogen-bond acceptors (Lipinski definition) is 4. The number of rotatable bonds is 3. The Bertz CT molecular complexity index is 606. The lowest BCUT2D eigenvalue weighted by Crippen LogP contribution is -2.39. The molecule has 0 aliphatic carbocycles. The summed E-state index contributed by atoms with van der Waals surface area (Å²) in [5, 5.41) is 0. The third kappa shape index (κ3) is 4.36. The van der Waals surface area contributed by atoms with Crippen molar-refractivity contribution in [2.75, 3.05) is 27.2 Å². The van der Waals surface area contributed by atoms with E-state index in [0.29, 0.717) is 23.8 Å². The Morgan fingerprint density at radius 1 is 1.25 bits per heavy atom. The molecule has 1 aliphatic rings. The van der Waals surface area contributed by atoms with Gasteiger partial charge in [0.2, 0.25) is 5.91 Å². The molecule has 1 saturated heterocycles. The second-order valence-electron chi connectivity index (χ2n) is 8.05. The summed E-state index contributed by atoms with van der Waals surface area (Å²) in [6.45, 7) is 9.45. The van der Waals surface area contributed by atoms with E-state index < -0.39 is 0 Å². The average Bonchev–Trinajstić information content (AvgIpc) is 2.86. The molecule has 6 nitrogen and oxygen atoms in total. The van der Waals surface area contributed by atoms with Crippen molar-refractivity contribution in [2.24, 2.45) is 5.41 Å². The standard InChI is InChI=1S/C18H29N3O3/c1-12-15(17(23)20(5)6)19-16(24-12)13-7-9-21(10-8-13)14(22)11-18(2,3)4/h13H,7-11H2,1-6H3. The van der Waals surface area contributed by atoms with Crippen LogP contribution < -0.4 is 0 Å². The highest BCUT2D eigenvalue weighted by molar-refractivity contribution is 5.92. The van der Waals surface area contributed by atoms with Gasteiger partial charge < -0.3 is 14.2 Å². The Hall–Kier alpha value is -1.85. The highest BCUT2D eigenvalue weighted by Crippen LogP contribution is 2.30. The second kappa shape index (κ2) is 6.95. The smallest absolute Gasteiger partial charge is 0.275 e. The van der Waals surface area contributed by atoms with Gasteiger partial charge in [-0.3, -0.25) is 9.59 Å². The van der Waals surface area contributed by atoms with Gasteiger partial charge in [0.05, 0.1) is 0 Å². The van der Waals surface area contributed by atoms with Crippen LogP contribution in [0.2, 0.25) is 0 Å². The van der Waals surface area contributed by atoms with Crippen molar-refractivity contribution in [3.63, 3.8) is 0 Å². The molecule has 2 amide bonds. The average molecular weight is 335 g/mol. The maximum absolute atomic E-state index is 12.3. The summed E-state index contributed by atoms with van der Waals surface area (Å²) >= 11 is 0. The van der Waals surface area contributed by atoms with Gasteiger partial charge in [-0.25, -0.2) is 4.98 Å². The lowest BCUT2D eigenvalue weighted by molar-refractivity contribution is -0.134. The number of piperidine rings is 1. The molecule has 0 unspecified atom stereocenters. The van der Waals surface area contributed by atoms with Crippen LogP contribution in [0.15, 0.2) is 4.42 Å². The molecular formula is C18H29N3O3. The third-order valence-electron chi connectivity index (χ3n) is 4.30. The fourth-order valence-corrected chi connectivity index (χ4v) is 2.94. The zero-order valence-corrected chi connectivity index (χ0v) is 15.7. The Morgan fingerprint density at radius 3 is 2.33 bits per heavy atom. The third-order valence-corrected chi connectivity index (χ3v) is 4.30. The molecule has 1 fully saturated rings. The summed E-state index contributed by atoms with van der Waals surface area (Å²) in [5.74, 6) is 1.44. The van der Waals surface area contributed by atoms with Gasteiger partial charge >= 0.3 is 0 Å². The van der Waals surface area contributed by atoms with Gasteiger partial charge in [0, 0.05) is 39.5 Å². The van der Waals surface area contributed by atoms with Crippen molar-refractivity contribution < 1.29 is 14.0 Å².